The zero-order valence-corrected chi connectivity index (χ0v) is 12.2. The maximum Gasteiger partial charge on any atom is 0.305 e. The van der Waals surface area contributed by atoms with Crippen molar-refractivity contribution in [1.29, 1.82) is 0 Å². The maximum atomic E-state index is 11.8. The molecule has 0 spiro atoms. The molecule has 0 aliphatic rings. The SMILES string of the molecule is CCOC(=O)CCCNc1ccnc(C(=O)N(C)C)c1. The molecule has 1 aromatic rings. The Morgan fingerprint density at radius 2 is 2.15 bits per heavy atom. The molecule has 0 unspecified atom stereocenters. The highest BCUT2D eigenvalue weighted by Crippen LogP contribution is 2.09. The number of hydrogen-bond donors (Lipinski definition) is 1. The number of carbonyl (C=O) groups is 2. The number of amides is 1. The van der Waals surface area contributed by atoms with Crippen molar-refractivity contribution in [3.05, 3.63) is 24.0 Å². The molecule has 6 nitrogen and oxygen atoms in total. The molecule has 0 aromatic carbocycles. The Morgan fingerprint density at radius 1 is 1.40 bits per heavy atom. The summed E-state index contributed by atoms with van der Waals surface area (Å²) in [5.74, 6) is -0.326. The van der Waals surface area contributed by atoms with Gasteiger partial charge in [0.1, 0.15) is 5.69 Å². The van der Waals surface area contributed by atoms with E-state index in [9.17, 15) is 9.59 Å². The minimum Gasteiger partial charge on any atom is -0.466 e. The first kappa shape index (κ1) is 15.9. The van der Waals surface area contributed by atoms with E-state index in [2.05, 4.69) is 10.3 Å². The standard InChI is InChI=1S/C14H21N3O3/c1-4-20-13(18)6-5-8-15-11-7-9-16-12(10-11)14(19)17(2)3/h7,9-10H,4-6,8H2,1-3H3,(H,15,16). The molecule has 0 aliphatic carbocycles. The van der Waals surface area contributed by atoms with Crippen molar-refractivity contribution < 1.29 is 14.3 Å². The third kappa shape index (κ3) is 5.26. The summed E-state index contributed by atoms with van der Waals surface area (Å²) in [7, 11) is 3.37. The normalized spacial score (nSPS) is 9.95. The molecule has 0 saturated carbocycles. The number of ether oxygens (including phenoxy) is 1. The molecule has 0 saturated heterocycles. The van der Waals surface area contributed by atoms with Gasteiger partial charge in [0, 0.05) is 38.9 Å². The van der Waals surface area contributed by atoms with E-state index in [1.807, 2.05) is 0 Å². The highest BCUT2D eigenvalue weighted by molar-refractivity contribution is 5.92. The van der Waals surface area contributed by atoms with Crippen LogP contribution in [0.15, 0.2) is 18.3 Å². The topological polar surface area (TPSA) is 71.5 Å². The van der Waals surface area contributed by atoms with Crippen LogP contribution in [-0.4, -0.2) is 49.0 Å². The summed E-state index contributed by atoms with van der Waals surface area (Å²) in [6, 6.07) is 3.49. The maximum absolute atomic E-state index is 11.8. The number of nitrogens with zero attached hydrogens (tertiary/aromatic N) is 2. The van der Waals surface area contributed by atoms with Gasteiger partial charge in [-0.05, 0) is 25.5 Å². The highest BCUT2D eigenvalue weighted by Gasteiger charge is 2.09. The fourth-order valence-corrected chi connectivity index (χ4v) is 1.59. The lowest BCUT2D eigenvalue weighted by atomic mass is 10.2. The zero-order chi connectivity index (χ0) is 15.0. The minimum absolute atomic E-state index is 0.139. The van der Waals surface area contributed by atoms with Crippen LogP contribution in [0.3, 0.4) is 0 Å². The summed E-state index contributed by atoms with van der Waals surface area (Å²) in [5.41, 5.74) is 1.21. The predicted molar refractivity (Wildman–Crippen MR) is 76.6 cm³/mol. The van der Waals surface area contributed by atoms with E-state index in [1.165, 1.54) is 4.90 Å². The van der Waals surface area contributed by atoms with Gasteiger partial charge < -0.3 is 15.0 Å². The molecule has 1 N–H and O–H groups in total. The van der Waals surface area contributed by atoms with Crippen LogP contribution in [0.5, 0.6) is 0 Å². The summed E-state index contributed by atoms with van der Waals surface area (Å²) in [6.45, 7) is 2.83. The van der Waals surface area contributed by atoms with Crippen LogP contribution in [0.1, 0.15) is 30.3 Å². The van der Waals surface area contributed by atoms with Gasteiger partial charge in [-0.2, -0.15) is 0 Å². The second-order valence-corrected chi connectivity index (χ2v) is 4.46. The largest absolute Gasteiger partial charge is 0.466 e. The van der Waals surface area contributed by atoms with Crippen molar-refractivity contribution in [2.45, 2.75) is 19.8 Å². The van der Waals surface area contributed by atoms with Gasteiger partial charge in [0.05, 0.1) is 6.61 Å². The van der Waals surface area contributed by atoms with Crippen LogP contribution in [-0.2, 0) is 9.53 Å². The summed E-state index contributed by atoms with van der Waals surface area (Å²) in [6.07, 6.45) is 2.65. The van der Waals surface area contributed by atoms with Crippen LogP contribution >= 0.6 is 0 Å². The van der Waals surface area contributed by atoms with Gasteiger partial charge in [0.2, 0.25) is 0 Å². The van der Waals surface area contributed by atoms with Gasteiger partial charge in [-0.25, -0.2) is 0 Å². The monoisotopic (exact) mass is 279 g/mol. The van der Waals surface area contributed by atoms with E-state index >= 15 is 0 Å². The first-order valence-electron chi connectivity index (χ1n) is 6.61. The van der Waals surface area contributed by atoms with Gasteiger partial charge in [0.15, 0.2) is 0 Å². The Morgan fingerprint density at radius 3 is 2.80 bits per heavy atom. The minimum atomic E-state index is -0.187. The summed E-state index contributed by atoms with van der Waals surface area (Å²) in [5, 5.41) is 3.16. The molecule has 1 rings (SSSR count). The number of rotatable bonds is 7. The first-order chi connectivity index (χ1) is 9.54. The number of carbonyl (C=O) groups excluding carboxylic acids is 2. The summed E-state index contributed by atoms with van der Waals surface area (Å²) in [4.78, 5) is 28.4. The van der Waals surface area contributed by atoms with E-state index in [4.69, 9.17) is 4.74 Å². The number of anilines is 1. The van der Waals surface area contributed by atoms with Crippen LogP contribution in [0.4, 0.5) is 5.69 Å². The zero-order valence-electron chi connectivity index (χ0n) is 12.2. The Balaban J connectivity index is 2.43. The van der Waals surface area contributed by atoms with Crippen molar-refractivity contribution in [3.8, 4) is 0 Å². The molecule has 0 radical (unpaired) electrons. The molecular weight excluding hydrogens is 258 g/mol. The number of esters is 1. The van der Waals surface area contributed by atoms with Gasteiger partial charge in [-0.15, -0.1) is 0 Å². The van der Waals surface area contributed by atoms with E-state index in [0.29, 0.717) is 31.7 Å². The van der Waals surface area contributed by atoms with Crippen molar-refractivity contribution in [2.24, 2.45) is 0 Å². The van der Waals surface area contributed by atoms with Crippen LogP contribution in [0, 0.1) is 0 Å². The average Bonchev–Trinajstić information content (AvgIpc) is 2.43. The van der Waals surface area contributed by atoms with E-state index in [-0.39, 0.29) is 11.9 Å². The quantitative estimate of drug-likeness (QED) is 0.605. The first-order valence-corrected chi connectivity index (χ1v) is 6.61. The highest BCUT2D eigenvalue weighted by atomic mass is 16.5. The average molecular weight is 279 g/mol. The third-order valence-electron chi connectivity index (χ3n) is 2.58. The van der Waals surface area contributed by atoms with Gasteiger partial charge in [0.25, 0.3) is 5.91 Å². The molecule has 6 heteroatoms. The molecule has 0 aliphatic heterocycles. The molecule has 1 heterocycles. The lowest BCUT2D eigenvalue weighted by Crippen LogP contribution is -2.22. The third-order valence-corrected chi connectivity index (χ3v) is 2.58. The Kier molecular flexibility index (Phi) is 6.49. The lowest BCUT2D eigenvalue weighted by Gasteiger charge is -2.11. The number of hydrogen-bond acceptors (Lipinski definition) is 5. The van der Waals surface area contributed by atoms with E-state index < -0.39 is 0 Å². The summed E-state index contributed by atoms with van der Waals surface area (Å²) < 4.78 is 4.84. The van der Waals surface area contributed by atoms with Crippen molar-refractivity contribution in [1.82, 2.24) is 9.88 Å². The lowest BCUT2D eigenvalue weighted by molar-refractivity contribution is -0.143. The molecule has 0 bridgehead atoms. The second-order valence-electron chi connectivity index (χ2n) is 4.46. The Hall–Kier alpha value is -2.11. The Bertz CT molecular complexity index is 461. The predicted octanol–water partition coefficient (Wildman–Crippen LogP) is 1.54. The fourth-order valence-electron chi connectivity index (χ4n) is 1.59. The second kappa shape index (κ2) is 8.14. The van der Waals surface area contributed by atoms with Crippen molar-refractivity contribution in [3.63, 3.8) is 0 Å². The van der Waals surface area contributed by atoms with Crippen LogP contribution in [0.2, 0.25) is 0 Å². The molecule has 0 fully saturated rings. The fraction of sp³-hybridized carbons (Fsp3) is 0.500. The number of pyridine rings is 1. The van der Waals surface area contributed by atoms with Gasteiger partial charge >= 0.3 is 5.97 Å². The molecule has 0 atom stereocenters. The van der Waals surface area contributed by atoms with Crippen LogP contribution in [0.25, 0.3) is 0 Å². The molecule has 1 amide bonds. The van der Waals surface area contributed by atoms with Crippen molar-refractivity contribution >= 4 is 17.6 Å². The molecule has 20 heavy (non-hydrogen) atoms. The molecule has 1 aromatic heterocycles. The summed E-state index contributed by atoms with van der Waals surface area (Å²) >= 11 is 0. The van der Waals surface area contributed by atoms with Gasteiger partial charge in [-0.3, -0.25) is 14.6 Å². The molecular formula is C14H21N3O3. The van der Waals surface area contributed by atoms with Gasteiger partial charge in [-0.1, -0.05) is 0 Å². The van der Waals surface area contributed by atoms with Crippen LogP contribution < -0.4 is 5.32 Å². The Labute approximate surface area is 119 Å². The van der Waals surface area contributed by atoms with Crippen molar-refractivity contribution in [2.75, 3.05) is 32.6 Å². The molecule has 110 valence electrons. The number of nitrogens with one attached hydrogen (secondary N) is 1. The van der Waals surface area contributed by atoms with E-state index in [1.54, 1.807) is 39.3 Å². The smallest absolute Gasteiger partial charge is 0.305 e. The van der Waals surface area contributed by atoms with E-state index in [0.717, 1.165) is 5.69 Å². The number of aromatic nitrogens is 1.